The van der Waals surface area contributed by atoms with Crippen molar-refractivity contribution in [3.05, 3.63) is 74.2 Å². The summed E-state index contributed by atoms with van der Waals surface area (Å²) in [6.45, 7) is 3.73. The van der Waals surface area contributed by atoms with Gasteiger partial charge in [-0.05, 0) is 43.7 Å². The van der Waals surface area contributed by atoms with E-state index < -0.39 is 23.1 Å². The highest BCUT2D eigenvalue weighted by atomic mass is 32.2. The molecule has 1 N–H and O–H groups in total. The van der Waals surface area contributed by atoms with E-state index in [-0.39, 0.29) is 29.9 Å². The number of imide groups is 1. The predicted molar refractivity (Wildman–Crippen MR) is 132 cm³/mol. The molecule has 5 rings (SSSR count). The zero-order valence-electron chi connectivity index (χ0n) is 19.0. The van der Waals surface area contributed by atoms with Crippen LogP contribution in [0.2, 0.25) is 0 Å². The molecule has 0 radical (unpaired) electrons. The Labute approximate surface area is 209 Å². The molecule has 0 saturated carbocycles. The van der Waals surface area contributed by atoms with Crippen LogP contribution in [0.3, 0.4) is 0 Å². The van der Waals surface area contributed by atoms with Crippen LogP contribution in [-0.4, -0.2) is 41.2 Å². The molecule has 0 aliphatic carbocycles. The van der Waals surface area contributed by atoms with Gasteiger partial charge in [-0.15, -0.1) is 0 Å². The summed E-state index contributed by atoms with van der Waals surface area (Å²) in [5, 5.41) is -0.0212. The van der Waals surface area contributed by atoms with Gasteiger partial charge in [0.25, 0.3) is 0 Å². The molecular weight excluding hydrogens is 488 g/mol. The van der Waals surface area contributed by atoms with Crippen LogP contribution in [-0.2, 0) is 19.1 Å². The van der Waals surface area contributed by atoms with E-state index in [1.807, 2.05) is 19.1 Å². The quantitative estimate of drug-likeness (QED) is 0.400. The van der Waals surface area contributed by atoms with E-state index in [2.05, 4.69) is 4.98 Å². The van der Waals surface area contributed by atoms with Crippen LogP contribution in [0.4, 0.5) is 5.69 Å². The lowest BCUT2D eigenvalue weighted by molar-refractivity contribution is -0.145. The van der Waals surface area contributed by atoms with Crippen LogP contribution < -0.4 is 14.5 Å². The number of rotatable bonds is 6. The predicted octanol–water partition coefficient (Wildman–Crippen LogP) is 3.48. The number of hydrogen-bond acceptors (Lipinski definition) is 8. The Kier molecular flexibility index (Phi) is 6.24. The zero-order chi connectivity index (χ0) is 24.7. The van der Waals surface area contributed by atoms with Gasteiger partial charge in [0.2, 0.25) is 11.8 Å². The van der Waals surface area contributed by atoms with E-state index in [4.69, 9.17) is 9.47 Å². The number of aromatic amines is 1. The number of thiazole rings is 1. The van der Waals surface area contributed by atoms with Crippen molar-refractivity contribution in [3.63, 3.8) is 0 Å². The first kappa shape index (κ1) is 23.4. The van der Waals surface area contributed by atoms with Crippen molar-refractivity contribution >= 4 is 46.6 Å². The maximum atomic E-state index is 13.7. The van der Waals surface area contributed by atoms with Gasteiger partial charge in [0.1, 0.15) is 11.0 Å². The van der Waals surface area contributed by atoms with Crippen molar-refractivity contribution in [2.24, 2.45) is 5.92 Å². The third kappa shape index (κ3) is 4.28. The topological polar surface area (TPSA) is 106 Å². The first-order valence-electron chi connectivity index (χ1n) is 11.1. The third-order valence-electron chi connectivity index (χ3n) is 6.02. The first-order chi connectivity index (χ1) is 16.9. The molecule has 3 heterocycles. The maximum Gasteiger partial charge on any atom is 0.344 e. The van der Waals surface area contributed by atoms with Gasteiger partial charge >= 0.3 is 10.8 Å². The number of aromatic nitrogens is 1. The second-order valence-corrected chi connectivity index (χ2v) is 10.4. The van der Waals surface area contributed by atoms with Crippen molar-refractivity contribution in [3.8, 4) is 5.75 Å². The van der Waals surface area contributed by atoms with Crippen LogP contribution in [0.5, 0.6) is 5.75 Å². The highest BCUT2D eigenvalue weighted by molar-refractivity contribution is 8.00. The summed E-state index contributed by atoms with van der Waals surface area (Å²) in [4.78, 5) is 55.5. The van der Waals surface area contributed by atoms with Gasteiger partial charge in [-0.3, -0.25) is 14.4 Å². The Balaban J connectivity index is 1.49. The van der Waals surface area contributed by atoms with E-state index >= 15 is 0 Å². The summed E-state index contributed by atoms with van der Waals surface area (Å²) in [5.41, 5.74) is 2.36. The Bertz CT molecular complexity index is 1350. The molecule has 2 aliphatic rings. The van der Waals surface area contributed by atoms with E-state index in [1.54, 1.807) is 43.3 Å². The number of amides is 2. The molecule has 2 aromatic carbocycles. The van der Waals surface area contributed by atoms with E-state index in [0.717, 1.165) is 27.3 Å². The lowest BCUT2D eigenvalue weighted by atomic mass is 9.83. The van der Waals surface area contributed by atoms with E-state index in [0.29, 0.717) is 16.5 Å². The average molecular weight is 511 g/mol. The van der Waals surface area contributed by atoms with Crippen LogP contribution in [0, 0.1) is 12.8 Å². The fourth-order valence-electron chi connectivity index (χ4n) is 4.44. The van der Waals surface area contributed by atoms with E-state index in [9.17, 15) is 19.2 Å². The number of carbonyl (C=O) groups is 3. The molecule has 8 nitrogen and oxygen atoms in total. The molecule has 10 heteroatoms. The molecule has 0 unspecified atom stereocenters. The highest BCUT2D eigenvalue weighted by Crippen LogP contribution is 2.53. The smallest absolute Gasteiger partial charge is 0.344 e. The third-order valence-corrected chi connectivity index (χ3v) is 8.42. The molecule has 3 aromatic rings. The summed E-state index contributed by atoms with van der Waals surface area (Å²) in [5.74, 6) is -1.68. The number of fused-ring (bicyclic) bond motifs is 2. The number of anilines is 1. The number of esters is 1. The van der Waals surface area contributed by atoms with Crippen molar-refractivity contribution < 1.29 is 23.9 Å². The monoisotopic (exact) mass is 510 g/mol. The van der Waals surface area contributed by atoms with Gasteiger partial charge in [-0.1, -0.05) is 52.9 Å². The standard InChI is InChI=1S/C25H22N2O6S2/c1-3-32-17(28)12-33-16-10-6-14(7-11-16)18-19-21(34-22-20(18)35-25(31)26-22)24(30)27(23(19)29)15-8-4-13(2)5-9-15/h4-11,18-19,21H,3,12H2,1-2H3,(H,26,31)/t18-,19-,21+/m0/s1. The largest absolute Gasteiger partial charge is 0.482 e. The summed E-state index contributed by atoms with van der Waals surface area (Å²) < 4.78 is 10.4. The highest BCUT2D eigenvalue weighted by Gasteiger charge is 2.56. The van der Waals surface area contributed by atoms with E-state index in [1.165, 1.54) is 16.7 Å². The minimum Gasteiger partial charge on any atom is -0.482 e. The van der Waals surface area contributed by atoms with Crippen LogP contribution in [0.25, 0.3) is 0 Å². The number of aryl methyl sites for hydroxylation is 1. The fraction of sp³-hybridized carbons (Fsp3) is 0.280. The van der Waals surface area contributed by atoms with Gasteiger partial charge in [0.15, 0.2) is 6.61 Å². The minimum absolute atomic E-state index is 0.208. The normalized spacial score (nSPS) is 21.0. The van der Waals surface area contributed by atoms with Crippen LogP contribution >= 0.6 is 23.1 Å². The van der Waals surface area contributed by atoms with Gasteiger partial charge in [0, 0.05) is 10.8 Å². The first-order valence-corrected chi connectivity index (χ1v) is 12.8. The Hall–Kier alpha value is -3.37. The molecule has 0 spiro atoms. The molecule has 0 bridgehead atoms. The Morgan fingerprint density at radius 2 is 1.74 bits per heavy atom. The Morgan fingerprint density at radius 3 is 2.43 bits per heavy atom. The van der Waals surface area contributed by atoms with Crippen molar-refractivity contribution in [2.45, 2.75) is 30.0 Å². The molecule has 35 heavy (non-hydrogen) atoms. The molecule has 3 atom stereocenters. The van der Waals surface area contributed by atoms with Crippen molar-refractivity contribution in [1.82, 2.24) is 4.98 Å². The fourth-order valence-corrected chi connectivity index (χ4v) is 6.96. The molecule has 180 valence electrons. The maximum absolute atomic E-state index is 13.7. The number of nitrogens with one attached hydrogen (secondary N) is 1. The van der Waals surface area contributed by atoms with Crippen molar-refractivity contribution in [1.29, 1.82) is 0 Å². The molecule has 1 saturated heterocycles. The number of carbonyl (C=O) groups excluding carboxylic acids is 3. The summed E-state index contributed by atoms with van der Waals surface area (Å²) in [7, 11) is 0. The summed E-state index contributed by atoms with van der Waals surface area (Å²) in [6.07, 6.45) is 0. The number of H-pyrrole nitrogens is 1. The Morgan fingerprint density at radius 1 is 1.03 bits per heavy atom. The van der Waals surface area contributed by atoms with Crippen LogP contribution in [0.15, 0.2) is 58.4 Å². The average Bonchev–Trinajstić information content (AvgIpc) is 3.33. The number of nitrogens with zero attached hydrogens (tertiary/aromatic N) is 1. The number of hydrogen-bond donors (Lipinski definition) is 1. The number of thioether (sulfide) groups is 1. The van der Waals surface area contributed by atoms with Gasteiger partial charge < -0.3 is 14.5 Å². The lowest BCUT2D eigenvalue weighted by Crippen LogP contribution is -2.32. The van der Waals surface area contributed by atoms with Crippen molar-refractivity contribution in [2.75, 3.05) is 18.1 Å². The molecular formula is C25H22N2O6S2. The molecule has 1 aromatic heterocycles. The molecule has 1 fully saturated rings. The second kappa shape index (κ2) is 9.35. The summed E-state index contributed by atoms with van der Waals surface area (Å²) in [6, 6.07) is 14.3. The lowest BCUT2D eigenvalue weighted by Gasteiger charge is -2.29. The zero-order valence-corrected chi connectivity index (χ0v) is 20.6. The number of ether oxygens (including phenoxy) is 2. The van der Waals surface area contributed by atoms with Gasteiger partial charge in [0.05, 0.1) is 23.2 Å². The van der Waals surface area contributed by atoms with Gasteiger partial charge in [-0.2, -0.15) is 0 Å². The second-order valence-electron chi connectivity index (χ2n) is 8.26. The summed E-state index contributed by atoms with van der Waals surface area (Å²) >= 11 is 2.31. The molecule has 2 amide bonds. The molecule has 2 aliphatic heterocycles. The SMILES string of the molecule is CCOC(=O)COc1ccc([C@@H]2c3sc(=O)[nH]c3S[C@H]3C(=O)N(c4ccc(C)cc4)C(=O)[C@@H]23)cc1. The van der Waals surface area contributed by atoms with Gasteiger partial charge in [-0.25, -0.2) is 9.69 Å². The number of benzene rings is 2. The minimum atomic E-state index is -0.654. The van der Waals surface area contributed by atoms with Crippen LogP contribution in [0.1, 0.15) is 28.8 Å².